The highest BCUT2D eigenvalue weighted by Crippen LogP contribution is 2.18. The second kappa shape index (κ2) is 8.93. The monoisotopic (exact) mass is 280 g/mol. The van der Waals surface area contributed by atoms with Crippen molar-refractivity contribution >= 4 is 5.69 Å². The molecule has 1 saturated heterocycles. The van der Waals surface area contributed by atoms with Crippen LogP contribution in [0.15, 0.2) is 18.3 Å². The minimum Gasteiger partial charge on any atom is -0.394 e. The predicted molar refractivity (Wildman–Crippen MR) is 83.3 cm³/mol. The largest absolute Gasteiger partial charge is 0.394 e. The van der Waals surface area contributed by atoms with Crippen molar-refractivity contribution in [1.82, 2.24) is 4.98 Å². The van der Waals surface area contributed by atoms with Crippen LogP contribution in [0.25, 0.3) is 0 Å². The number of pyridine rings is 1. The third kappa shape index (κ3) is 6.35. The molecule has 1 N–H and O–H groups in total. The summed E-state index contributed by atoms with van der Waals surface area (Å²) >= 11 is 0. The zero-order chi connectivity index (χ0) is 15.0. The van der Waals surface area contributed by atoms with Crippen LogP contribution in [0.1, 0.15) is 45.7 Å². The van der Waals surface area contributed by atoms with Gasteiger partial charge < -0.3 is 14.7 Å². The normalized spacial score (nSPS) is 15.8. The fraction of sp³-hybridized carbons (Fsp3) is 0.688. The van der Waals surface area contributed by atoms with E-state index in [2.05, 4.69) is 35.9 Å². The van der Waals surface area contributed by atoms with Crippen LogP contribution in [0, 0.1) is 0 Å². The van der Waals surface area contributed by atoms with E-state index in [4.69, 9.17) is 9.84 Å². The van der Waals surface area contributed by atoms with Crippen LogP contribution in [-0.2, 0) is 4.74 Å². The van der Waals surface area contributed by atoms with Crippen molar-refractivity contribution in [2.75, 3.05) is 31.2 Å². The van der Waals surface area contributed by atoms with Gasteiger partial charge in [-0.15, -0.1) is 0 Å². The number of nitrogens with zero attached hydrogens (tertiary/aromatic N) is 2. The van der Waals surface area contributed by atoms with Gasteiger partial charge in [0, 0.05) is 31.5 Å². The molecular formula is C16H28N2O2. The summed E-state index contributed by atoms with van der Waals surface area (Å²) in [5.74, 6) is 0.501. The number of hydrogen-bond acceptors (Lipinski definition) is 4. The molecule has 1 aromatic rings. The second-order valence-electron chi connectivity index (χ2n) is 5.64. The van der Waals surface area contributed by atoms with E-state index in [1.54, 1.807) is 13.8 Å². The van der Waals surface area contributed by atoms with E-state index in [-0.39, 0.29) is 6.10 Å². The van der Waals surface area contributed by atoms with Gasteiger partial charge in [-0.05, 0) is 38.3 Å². The van der Waals surface area contributed by atoms with Gasteiger partial charge in [0.05, 0.1) is 18.5 Å². The van der Waals surface area contributed by atoms with E-state index in [0.29, 0.717) is 5.92 Å². The fourth-order valence-electron chi connectivity index (χ4n) is 1.93. The van der Waals surface area contributed by atoms with Crippen molar-refractivity contribution < 1.29 is 9.84 Å². The smallest absolute Gasteiger partial charge is 0.0641 e. The van der Waals surface area contributed by atoms with Gasteiger partial charge in [0.1, 0.15) is 0 Å². The highest BCUT2D eigenvalue weighted by atomic mass is 16.5. The zero-order valence-corrected chi connectivity index (χ0v) is 13.2. The first-order valence-electron chi connectivity index (χ1n) is 7.47. The summed E-state index contributed by atoms with van der Waals surface area (Å²) in [5.41, 5.74) is 2.38. The van der Waals surface area contributed by atoms with Crippen LogP contribution in [0.4, 0.5) is 5.69 Å². The number of ether oxygens (including phenoxy) is 1. The Balaban J connectivity index is 0.000000444. The van der Waals surface area contributed by atoms with E-state index < -0.39 is 0 Å². The summed E-state index contributed by atoms with van der Waals surface area (Å²) in [6.07, 6.45) is 2.92. The van der Waals surface area contributed by atoms with Crippen molar-refractivity contribution in [2.45, 2.75) is 46.1 Å². The standard InChI is InChI=1S/C13H20N2O.C3H8O/c1-11(2)13-5-4-12(10-14-13)15-6-3-8-16-9-7-15;1-3(2)4/h4-5,10-11H,3,6-9H2,1-2H3;3-4H,1-2H3. The lowest BCUT2D eigenvalue weighted by molar-refractivity contribution is 0.152. The summed E-state index contributed by atoms with van der Waals surface area (Å²) in [7, 11) is 0. The average molecular weight is 280 g/mol. The van der Waals surface area contributed by atoms with Gasteiger partial charge in [-0.3, -0.25) is 4.98 Å². The van der Waals surface area contributed by atoms with Gasteiger partial charge in [-0.25, -0.2) is 0 Å². The molecule has 4 heteroatoms. The Morgan fingerprint density at radius 3 is 2.40 bits per heavy atom. The Kier molecular flexibility index (Phi) is 7.55. The van der Waals surface area contributed by atoms with Crippen molar-refractivity contribution in [1.29, 1.82) is 0 Å². The van der Waals surface area contributed by atoms with Crippen molar-refractivity contribution in [3.8, 4) is 0 Å². The Morgan fingerprint density at radius 1 is 1.15 bits per heavy atom. The molecule has 0 bridgehead atoms. The molecule has 2 heterocycles. The number of rotatable bonds is 2. The first-order chi connectivity index (χ1) is 9.50. The van der Waals surface area contributed by atoms with Crippen LogP contribution in [0.5, 0.6) is 0 Å². The molecule has 4 nitrogen and oxygen atoms in total. The minimum absolute atomic E-state index is 0.167. The molecule has 2 rings (SSSR count). The van der Waals surface area contributed by atoms with Gasteiger partial charge in [-0.2, -0.15) is 0 Å². The quantitative estimate of drug-likeness (QED) is 0.905. The van der Waals surface area contributed by atoms with Crippen LogP contribution in [0.3, 0.4) is 0 Å². The number of hydrogen-bond donors (Lipinski definition) is 1. The van der Waals surface area contributed by atoms with Gasteiger partial charge in [-0.1, -0.05) is 13.8 Å². The van der Waals surface area contributed by atoms with Gasteiger partial charge in [0.2, 0.25) is 0 Å². The van der Waals surface area contributed by atoms with E-state index in [1.807, 2.05) is 6.20 Å². The van der Waals surface area contributed by atoms with Crippen molar-refractivity contribution in [2.24, 2.45) is 0 Å². The van der Waals surface area contributed by atoms with Gasteiger partial charge in [0.15, 0.2) is 0 Å². The summed E-state index contributed by atoms with van der Waals surface area (Å²) in [5, 5.41) is 8.06. The first-order valence-corrected chi connectivity index (χ1v) is 7.47. The highest BCUT2D eigenvalue weighted by molar-refractivity contribution is 5.44. The predicted octanol–water partition coefficient (Wildman–Crippen LogP) is 2.82. The summed E-state index contributed by atoms with van der Waals surface area (Å²) in [4.78, 5) is 6.85. The van der Waals surface area contributed by atoms with Crippen molar-refractivity contribution in [3.63, 3.8) is 0 Å². The lowest BCUT2D eigenvalue weighted by Gasteiger charge is -2.21. The third-order valence-corrected chi connectivity index (χ3v) is 2.95. The first kappa shape index (κ1) is 16.9. The van der Waals surface area contributed by atoms with E-state index in [1.165, 1.54) is 5.69 Å². The number of aliphatic hydroxyl groups excluding tert-OH is 1. The zero-order valence-electron chi connectivity index (χ0n) is 13.2. The van der Waals surface area contributed by atoms with Gasteiger partial charge >= 0.3 is 0 Å². The van der Waals surface area contributed by atoms with E-state index in [9.17, 15) is 0 Å². The topological polar surface area (TPSA) is 45.6 Å². The molecule has 1 fully saturated rings. The third-order valence-electron chi connectivity index (χ3n) is 2.95. The molecule has 114 valence electrons. The lowest BCUT2D eigenvalue weighted by Crippen LogP contribution is -2.25. The maximum Gasteiger partial charge on any atom is 0.0641 e. The molecule has 0 aliphatic carbocycles. The second-order valence-corrected chi connectivity index (χ2v) is 5.64. The molecule has 1 aliphatic rings. The Hall–Kier alpha value is -1.13. The highest BCUT2D eigenvalue weighted by Gasteiger charge is 2.10. The molecule has 1 aliphatic heterocycles. The maximum absolute atomic E-state index is 8.06. The summed E-state index contributed by atoms with van der Waals surface area (Å²) in [6.45, 7) is 11.5. The number of aromatic nitrogens is 1. The molecule has 0 atom stereocenters. The Labute approximate surface area is 122 Å². The minimum atomic E-state index is -0.167. The SMILES string of the molecule is CC(C)O.CC(C)c1ccc(N2CCCOCC2)cn1. The molecule has 20 heavy (non-hydrogen) atoms. The average Bonchev–Trinajstić information content (AvgIpc) is 2.67. The van der Waals surface area contributed by atoms with E-state index in [0.717, 1.165) is 38.4 Å². The van der Waals surface area contributed by atoms with E-state index >= 15 is 0 Å². The summed E-state index contributed by atoms with van der Waals surface area (Å²) in [6, 6.07) is 4.30. The molecule has 0 aromatic carbocycles. The van der Waals surface area contributed by atoms with Crippen LogP contribution in [0.2, 0.25) is 0 Å². The Bertz CT molecular complexity index is 352. The number of anilines is 1. The molecule has 1 aromatic heterocycles. The molecular weight excluding hydrogens is 252 g/mol. The molecule has 0 radical (unpaired) electrons. The molecule has 0 unspecified atom stereocenters. The van der Waals surface area contributed by atoms with Crippen LogP contribution in [-0.4, -0.2) is 42.5 Å². The molecule has 0 amide bonds. The van der Waals surface area contributed by atoms with Crippen LogP contribution >= 0.6 is 0 Å². The lowest BCUT2D eigenvalue weighted by atomic mass is 10.1. The maximum atomic E-state index is 8.06. The molecule has 0 spiro atoms. The fourth-order valence-corrected chi connectivity index (χ4v) is 1.93. The summed E-state index contributed by atoms with van der Waals surface area (Å²) < 4.78 is 5.45. The van der Waals surface area contributed by atoms with Crippen molar-refractivity contribution in [3.05, 3.63) is 24.0 Å². The van der Waals surface area contributed by atoms with Gasteiger partial charge in [0.25, 0.3) is 0 Å². The van der Waals surface area contributed by atoms with Crippen LogP contribution < -0.4 is 4.90 Å². The number of aliphatic hydroxyl groups is 1. The Morgan fingerprint density at radius 2 is 1.85 bits per heavy atom. The molecule has 0 saturated carbocycles.